The maximum Gasteiger partial charge on any atom is 0.168 e. The van der Waals surface area contributed by atoms with Crippen LogP contribution in [0.25, 0.3) is 0 Å². The van der Waals surface area contributed by atoms with Gasteiger partial charge in [-0.1, -0.05) is 136 Å². The number of hydrogen-bond donors (Lipinski definition) is 1. The van der Waals surface area contributed by atoms with Crippen LogP contribution in [-0.4, -0.2) is 10.9 Å². The average molecular weight is 537 g/mol. The third-order valence-electron chi connectivity index (χ3n) is 8.20. The van der Waals surface area contributed by atoms with Gasteiger partial charge >= 0.3 is 0 Å². The molecular formula is C36H56O3. The van der Waals surface area contributed by atoms with Crippen LogP contribution in [0, 0.1) is 5.41 Å². The molecule has 0 saturated carbocycles. The SMILES string of the molecule is CCCCCCCCCCCCCCCCCC(O)c1ccc(Oc2ccc(C(=O)C(C)(C)CC)cc2)cc1. The predicted octanol–water partition coefficient (Wildman–Crippen LogP) is 11.4. The Labute approximate surface area is 239 Å². The first kappa shape index (κ1) is 33.1. The van der Waals surface area contributed by atoms with E-state index in [-0.39, 0.29) is 11.2 Å². The second kappa shape index (κ2) is 19.0. The Morgan fingerprint density at radius 2 is 1.08 bits per heavy atom. The van der Waals surface area contributed by atoms with E-state index in [9.17, 15) is 9.90 Å². The second-order valence-electron chi connectivity index (χ2n) is 12.0. The molecule has 0 heterocycles. The molecule has 0 aliphatic rings. The lowest BCUT2D eigenvalue weighted by molar-refractivity contribution is 0.0833. The largest absolute Gasteiger partial charge is 0.457 e. The average Bonchev–Trinajstić information content (AvgIpc) is 2.95. The number of carbonyl (C=O) groups is 1. The zero-order valence-corrected chi connectivity index (χ0v) is 25.5. The zero-order valence-electron chi connectivity index (χ0n) is 25.5. The quantitative estimate of drug-likeness (QED) is 0.120. The summed E-state index contributed by atoms with van der Waals surface area (Å²) in [5.41, 5.74) is 1.30. The molecule has 0 radical (unpaired) electrons. The molecule has 0 aromatic heterocycles. The van der Waals surface area contributed by atoms with Crippen LogP contribution in [0.5, 0.6) is 11.5 Å². The molecule has 0 bridgehead atoms. The fourth-order valence-electron chi connectivity index (χ4n) is 5.00. The maximum absolute atomic E-state index is 12.6. The van der Waals surface area contributed by atoms with Crippen LogP contribution in [0.2, 0.25) is 0 Å². The van der Waals surface area contributed by atoms with Gasteiger partial charge in [-0.2, -0.15) is 0 Å². The van der Waals surface area contributed by atoms with Crippen LogP contribution in [-0.2, 0) is 0 Å². The van der Waals surface area contributed by atoms with E-state index in [1.165, 1.54) is 89.9 Å². The number of aliphatic hydroxyl groups excluding tert-OH is 1. The third kappa shape index (κ3) is 13.2. The summed E-state index contributed by atoms with van der Waals surface area (Å²) >= 11 is 0. The van der Waals surface area contributed by atoms with Gasteiger partial charge in [0.05, 0.1) is 6.10 Å². The van der Waals surface area contributed by atoms with E-state index in [1.807, 2.05) is 69.3 Å². The van der Waals surface area contributed by atoms with Crippen LogP contribution in [0.4, 0.5) is 0 Å². The zero-order chi connectivity index (χ0) is 28.3. The molecule has 0 aliphatic heterocycles. The molecule has 39 heavy (non-hydrogen) atoms. The molecular weight excluding hydrogens is 480 g/mol. The number of hydrogen-bond acceptors (Lipinski definition) is 3. The van der Waals surface area contributed by atoms with E-state index in [4.69, 9.17) is 4.74 Å². The summed E-state index contributed by atoms with van der Waals surface area (Å²) in [4.78, 5) is 12.6. The number of Topliss-reactive ketones (excluding diaryl/α,β-unsaturated/α-hetero) is 1. The van der Waals surface area contributed by atoms with Gasteiger partial charge in [-0.3, -0.25) is 4.79 Å². The molecule has 1 N–H and O–H groups in total. The number of ether oxygens (including phenoxy) is 1. The molecule has 218 valence electrons. The Morgan fingerprint density at radius 1 is 0.667 bits per heavy atom. The van der Waals surface area contributed by atoms with Crippen LogP contribution in [0.15, 0.2) is 48.5 Å². The van der Waals surface area contributed by atoms with Gasteiger partial charge in [-0.25, -0.2) is 0 Å². The van der Waals surface area contributed by atoms with Crippen LogP contribution in [0.1, 0.15) is 159 Å². The summed E-state index contributed by atoms with van der Waals surface area (Å²) in [7, 11) is 0. The van der Waals surface area contributed by atoms with E-state index >= 15 is 0 Å². The summed E-state index contributed by atoms with van der Waals surface area (Å²) in [6.45, 7) is 8.28. The molecule has 0 saturated heterocycles. The highest BCUT2D eigenvalue weighted by Crippen LogP contribution is 2.29. The minimum absolute atomic E-state index is 0.156. The first-order chi connectivity index (χ1) is 18.9. The number of rotatable bonds is 22. The molecule has 1 unspecified atom stereocenters. The predicted molar refractivity (Wildman–Crippen MR) is 166 cm³/mol. The van der Waals surface area contributed by atoms with Crippen molar-refractivity contribution in [3.63, 3.8) is 0 Å². The molecule has 0 aliphatic carbocycles. The first-order valence-electron chi connectivity index (χ1n) is 16.0. The van der Waals surface area contributed by atoms with Crippen molar-refractivity contribution in [2.75, 3.05) is 0 Å². The second-order valence-corrected chi connectivity index (χ2v) is 12.0. The van der Waals surface area contributed by atoms with Crippen molar-refractivity contribution in [3.05, 3.63) is 59.7 Å². The highest BCUT2D eigenvalue weighted by molar-refractivity contribution is 6.00. The van der Waals surface area contributed by atoms with Gasteiger partial charge < -0.3 is 9.84 Å². The highest BCUT2D eigenvalue weighted by atomic mass is 16.5. The van der Waals surface area contributed by atoms with Gasteiger partial charge in [0.2, 0.25) is 0 Å². The minimum Gasteiger partial charge on any atom is -0.457 e. The van der Waals surface area contributed by atoms with E-state index in [2.05, 4.69) is 6.92 Å². The summed E-state index contributed by atoms with van der Waals surface area (Å²) in [6.07, 6.45) is 21.5. The van der Waals surface area contributed by atoms with Crippen LogP contribution >= 0.6 is 0 Å². The Hall–Kier alpha value is -2.13. The first-order valence-corrected chi connectivity index (χ1v) is 16.0. The van der Waals surface area contributed by atoms with Crippen molar-refractivity contribution >= 4 is 5.78 Å². The molecule has 0 spiro atoms. The van der Waals surface area contributed by atoms with Crippen molar-refractivity contribution in [2.45, 2.75) is 143 Å². The fraction of sp³-hybridized carbons (Fsp3) is 0.639. The summed E-state index contributed by atoms with van der Waals surface area (Å²) < 4.78 is 5.96. The van der Waals surface area contributed by atoms with Crippen molar-refractivity contribution in [3.8, 4) is 11.5 Å². The van der Waals surface area contributed by atoms with Crippen molar-refractivity contribution in [1.82, 2.24) is 0 Å². The fourth-order valence-corrected chi connectivity index (χ4v) is 5.00. The summed E-state index contributed by atoms with van der Waals surface area (Å²) in [5, 5.41) is 10.6. The number of carbonyl (C=O) groups excluding carboxylic acids is 1. The van der Waals surface area contributed by atoms with E-state index < -0.39 is 6.10 Å². The highest BCUT2D eigenvalue weighted by Gasteiger charge is 2.26. The molecule has 2 aromatic carbocycles. The van der Waals surface area contributed by atoms with Gasteiger partial charge in [0.15, 0.2) is 5.78 Å². The lowest BCUT2D eigenvalue weighted by Gasteiger charge is -2.20. The minimum atomic E-state index is -0.423. The molecule has 1 atom stereocenters. The van der Waals surface area contributed by atoms with Crippen molar-refractivity contribution in [2.24, 2.45) is 5.41 Å². The Kier molecular flexibility index (Phi) is 16.1. The molecule has 2 aromatic rings. The van der Waals surface area contributed by atoms with Gasteiger partial charge in [0.1, 0.15) is 11.5 Å². The topological polar surface area (TPSA) is 46.5 Å². The third-order valence-corrected chi connectivity index (χ3v) is 8.20. The number of unbranched alkanes of at least 4 members (excludes halogenated alkanes) is 14. The monoisotopic (exact) mass is 536 g/mol. The standard InChI is InChI=1S/C36H56O3/c1-5-7-8-9-10-11-12-13-14-15-16-17-18-19-20-21-34(37)30-22-26-32(27-23-30)39-33-28-24-31(25-29-33)35(38)36(3,4)6-2/h22-29,34,37H,5-21H2,1-4H3. The Balaban J connectivity index is 1.56. The van der Waals surface area contributed by atoms with Gasteiger partial charge in [-0.15, -0.1) is 0 Å². The smallest absolute Gasteiger partial charge is 0.168 e. The van der Waals surface area contributed by atoms with Crippen LogP contribution in [0.3, 0.4) is 0 Å². The number of benzene rings is 2. The van der Waals surface area contributed by atoms with E-state index in [0.29, 0.717) is 11.3 Å². The van der Waals surface area contributed by atoms with Gasteiger partial charge in [0, 0.05) is 11.0 Å². The lowest BCUT2D eigenvalue weighted by Crippen LogP contribution is -2.23. The van der Waals surface area contributed by atoms with Crippen molar-refractivity contribution < 1.29 is 14.6 Å². The number of aliphatic hydroxyl groups is 1. The molecule has 2 rings (SSSR count). The molecule has 3 heteroatoms. The van der Waals surface area contributed by atoms with Gasteiger partial charge in [0.25, 0.3) is 0 Å². The number of ketones is 1. The molecule has 3 nitrogen and oxygen atoms in total. The van der Waals surface area contributed by atoms with Gasteiger partial charge in [-0.05, 0) is 54.8 Å². The Morgan fingerprint density at radius 3 is 1.51 bits per heavy atom. The lowest BCUT2D eigenvalue weighted by atomic mass is 9.82. The Bertz CT molecular complexity index is 898. The van der Waals surface area contributed by atoms with E-state index in [1.54, 1.807) is 0 Å². The van der Waals surface area contributed by atoms with Crippen molar-refractivity contribution in [1.29, 1.82) is 0 Å². The summed E-state index contributed by atoms with van der Waals surface area (Å²) in [5.74, 6) is 1.59. The molecule has 0 amide bonds. The maximum atomic E-state index is 12.6. The summed E-state index contributed by atoms with van der Waals surface area (Å²) in [6, 6.07) is 15.1. The molecule has 0 fully saturated rings. The van der Waals surface area contributed by atoms with E-state index in [0.717, 1.165) is 30.6 Å². The van der Waals surface area contributed by atoms with Crippen LogP contribution < -0.4 is 4.74 Å². The normalized spacial score (nSPS) is 12.4.